The molecular weight excluding hydrogens is 339 g/mol. The van der Waals surface area contributed by atoms with Crippen molar-refractivity contribution in [3.05, 3.63) is 77.7 Å². The number of pyridine rings is 1. The van der Waals surface area contributed by atoms with Gasteiger partial charge in [0.2, 0.25) is 0 Å². The Bertz CT molecular complexity index is 981. The number of hydrogen-bond donors (Lipinski definition) is 0. The van der Waals surface area contributed by atoms with Gasteiger partial charge in [0.15, 0.2) is 0 Å². The second-order valence-corrected chi connectivity index (χ2v) is 7.70. The number of para-hydroxylation sites is 1. The average molecular weight is 360 g/mol. The van der Waals surface area contributed by atoms with Crippen LogP contribution in [-0.2, 0) is 0 Å². The summed E-state index contributed by atoms with van der Waals surface area (Å²) < 4.78 is 13.2. The summed E-state index contributed by atoms with van der Waals surface area (Å²) in [5, 5.41) is 0.997. The largest absolute Gasteiger partial charge is 0.333 e. The lowest BCUT2D eigenvalue weighted by molar-refractivity contribution is 0.0573. The van der Waals surface area contributed by atoms with E-state index in [0.717, 1.165) is 36.6 Å². The third-order valence-electron chi connectivity index (χ3n) is 6.17. The van der Waals surface area contributed by atoms with Crippen LogP contribution in [0.5, 0.6) is 0 Å². The summed E-state index contributed by atoms with van der Waals surface area (Å²) in [6.07, 6.45) is 5.74. The zero-order chi connectivity index (χ0) is 18.4. The molecule has 4 heteroatoms. The Kier molecular flexibility index (Phi) is 3.92. The Labute approximate surface area is 157 Å². The molecule has 2 aromatic carbocycles. The van der Waals surface area contributed by atoms with E-state index in [1.165, 1.54) is 17.7 Å². The molecule has 0 spiro atoms. The maximum absolute atomic E-state index is 13.4. The second-order valence-electron chi connectivity index (χ2n) is 7.70. The molecular formula is C23H21FN2O. The van der Waals surface area contributed by atoms with E-state index in [2.05, 4.69) is 9.88 Å². The summed E-state index contributed by atoms with van der Waals surface area (Å²) in [5.74, 6) is 0.306. The molecule has 3 heterocycles. The standard InChI is InChI=1S/C23H21FN2O/c24-18-8-6-15(7-9-18)17-13-19-10-11-20(14-17)26(19)23(27)21-5-1-3-16-4-2-12-25-22(16)21/h1-9,12,17,19-20H,10-11,13-14H2. The molecule has 2 aliphatic rings. The molecule has 5 rings (SSSR count). The van der Waals surface area contributed by atoms with E-state index in [0.29, 0.717) is 11.5 Å². The lowest BCUT2D eigenvalue weighted by atomic mass is 9.84. The maximum atomic E-state index is 13.4. The van der Waals surface area contributed by atoms with E-state index >= 15 is 0 Å². The number of benzene rings is 2. The highest BCUT2D eigenvalue weighted by Crippen LogP contribution is 2.44. The number of aromatic nitrogens is 1. The van der Waals surface area contributed by atoms with E-state index in [4.69, 9.17) is 0 Å². The number of hydrogen-bond acceptors (Lipinski definition) is 2. The number of rotatable bonds is 2. The first-order valence-electron chi connectivity index (χ1n) is 9.62. The Balaban J connectivity index is 1.44. The normalized spacial score (nSPS) is 24.3. The third kappa shape index (κ3) is 2.80. The van der Waals surface area contributed by atoms with Crippen molar-refractivity contribution in [3.63, 3.8) is 0 Å². The third-order valence-corrected chi connectivity index (χ3v) is 6.17. The van der Waals surface area contributed by atoms with E-state index in [-0.39, 0.29) is 23.8 Å². The van der Waals surface area contributed by atoms with Crippen molar-refractivity contribution < 1.29 is 9.18 Å². The van der Waals surface area contributed by atoms with Crippen molar-refractivity contribution in [1.29, 1.82) is 0 Å². The van der Waals surface area contributed by atoms with Gasteiger partial charge in [-0.25, -0.2) is 4.39 Å². The van der Waals surface area contributed by atoms with Crippen LogP contribution in [0.15, 0.2) is 60.8 Å². The van der Waals surface area contributed by atoms with Crippen molar-refractivity contribution >= 4 is 16.8 Å². The average Bonchev–Trinajstić information content (AvgIpc) is 2.97. The summed E-state index contributed by atoms with van der Waals surface area (Å²) in [6, 6.07) is 17.1. The van der Waals surface area contributed by atoms with Crippen LogP contribution in [-0.4, -0.2) is 27.9 Å². The summed E-state index contributed by atoms with van der Waals surface area (Å²) >= 11 is 0. The highest BCUT2D eigenvalue weighted by atomic mass is 19.1. The second kappa shape index (κ2) is 6.45. The molecule has 2 atom stereocenters. The molecule has 2 fully saturated rings. The minimum absolute atomic E-state index is 0.101. The Morgan fingerprint density at radius 2 is 1.67 bits per heavy atom. The van der Waals surface area contributed by atoms with Crippen LogP contribution < -0.4 is 0 Å². The summed E-state index contributed by atoms with van der Waals surface area (Å²) in [6.45, 7) is 0. The predicted octanol–water partition coefficient (Wildman–Crippen LogP) is 4.92. The summed E-state index contributed by atoms with van der Waals surface area (Å²) in [4.78, 5) is 20.0. The quantitative estimate of drug-likeness (QED) is 0.649. The monoisotopic (exact) mass is 360 g/mol. The maximum Gasteiger partial charge on any atom is 0.256 e. The molecule has 27 heavy (non-hydrogen) atoms. The van der Waals surface area contributed by atoms with Gasteiger partial charge in [-0.15, -0.1) is 0 Å². The van der Waals surface area contributed by atoms with Gasteiger partial charge < -0.3 is 4.90 Å². The fourth-order valence-electron chi connectivity index (χ4n) is 4.93. The lowest BCUT2D eigenvalue weighted by Gasteiger charge is -2.39. The summed E-state index contributed by atoms with van der Waals surface area (Å²) in [7, 11) is 0. The number of fused-ring (bicyclic) bond motifs is 3. The van der Waals surface area contributed by atoms with Crippen molar-refractivity contribution in [2.75, 3.05) is 0 Å². The Hall–Kier alpha value is -2.75. The Morgan fingerprint density at radius 1 is 0.963 bits per heavy atom. The first-order valence-corrected chi connectivity index (χ1v) is 9.62. The van der Waals surface area contributed by atoms with Gasteiger partial charge in [0.05, 0.1) is 11.1 Å². The SMILES string of the molecule is O=C(c1cccc2cccnc12)N1C2CCC1CC(c1ccc(F)cc1)C2. The zero-order valence-electron chi connectivity index (χ0n) is 15.0. The van der Waals surface area contributed by atoms with Crippen LogP contribution in [0.2, 0.25) is 0 Å². The van der Waals surface area contributed by atoms with E-state index in [9.17, 15) is 9.18 Å². The number of nitrogens with zero attached hydrogens (tertiary/aromatic N) is 2. The molecule has 2 unspecified atom stereocenters. The molecule has 1 aromatic heterocycles. The number of piperidine rings is 1. The van der Waals surface area contributed by atoms with Crippen molar-refractivity contribution in [1.82, 2.24) is 9.88 Å². The van der Waals surface area contributed by atoms with Gasteiger partial charge in [-0.2, -0.15) is 0 Å². The molecule has 2 saturated heterocycles. The van der Waals surface area contributed by atoms with Crippen LogP contribution >= 0.6 is 0 Å². The van der Waals surface area contributed by atoms with E-state index in [1.807, 2.05) is 42.5 Å². The lowest BCUT2D eigenvalue weighted by Crippen LogP contribution is -2.46. The predicted molar refractivity (Wildman–Crippen MR) is 103 cm³/mol. The number of halogens is 1. The molecule has 3 aromatic rings. The van der Waals surface area contributed by atoms with Crippen LogP contribution in [0.25, 0.3) is 10.9 Å². The van der Waals surface area contributed by atoms with Gasteiger partial charge in [-0.1, -0.05) is 30.3 Å². The molecule has 3 nitrogen and oxygen atoms in total. The number of carbonyl (C=O) groups excluding carboxylic acids is 1. The molecule has 0 saturated carbocycles. The van der Waals surface area contributed by atoms with Crippen LogP contribution in [0.1, 0.15) is 47.5 Å². The topological polar surface area (TPSA) is 33.2 Å². The van der Waals surface area contributed by atoms with Gasteiger partial charge in [0.1, 0.15) is 5.82 Å². The highest BCUT2D eigenvalue weighted by molar-refractivity contribution is 6.05. The summed E-state index contributed by atoms with van der Waals surface area (Å²) in [5.41, 5.74) is 2.67. The van der Waals surface area contributed by atoms with Crippen LogP contribution in [0, 0.1) is 5.82 Å². The van der Waals surface area contributed by atoms with E-state index < -0.39 is 0 Å². The minimum atomic E-state index is -0.196. The van der Waals surface area contributed by atoms with Crippen molar-refractivity contribution in [3.8, 4) is 0 Å². The molecule has 2 aliphatic heterocycles. The number of amides is 1. The zero-order valence-corrected chi connectivity index (χ0v) is 15.0. The molecule has 0 radical (unpaired) electrons. The minimum Gasteiger partial charge on any atom is -0.333 e. The number of carbonyl (C=O) groups is 1. The molecule has 0 aliphatic carbocycles. The molecule has 0 N–H and O–H groups in total. The smallest absolute Gasteiger partial charge is 0.256 e. The first kappa shape index (κ1) is 16.4. The molecule has 1 amide bonds. The van der Waals surface area contributed by atoms with Gasteiger partial charge in [-0.05, 0) is 61.4 Å². The van der Waals surface area contributed by atoms with Gasteiger partial charge in [0.25, 0.3) is 5.91 Å². The fraction of sp³-hybridized carbons (Fsp3) is 0.304. The van der Waals surface area contributed by atoms with Gasteiger partial charge >= 0.3 is 0 Å². The fourth-order valence-corrected chi connectivity index (χ4v) is 4.93. The van der Waals surface area contributed by atoms with Crippen molar-refractivity contribution in [2.45, 2.75) is 43.7 Å². The first-order chi connectivity index (χ1) is 13.2. The molecule has 136 valence electrons. The van der Waals surface area contributed by atoms with Gasteiger partial charge in [-0.3, -0.25) is 9.78 Å². The van der Waals surface area contributed by atoms with E-state index in [1.54, 1.807) is 6.20 Å². The van der Waals surface area contributed by atoms with Crippen molar-refractivity contribution in [2.24, 2.45) is 0 Å². The highest BCUT2D eigenvalue weighted by Gasteiger charge is 2.44. The van der Waals surface area contributed by atoms with Crippen LogP contribution in [0.3, 0.4) is 0 Å². The van der Waals surface area contributed by atoms with Gasteiger partial charge in [0, 0.05) is 23.7 Å². The Morgan fingerprint density at radius 3 is 2.41 bits per heavy atom. The molecule has 2 bridgehead atoms. The van der Waals surface area contributed by atoms with Crippen LogP contribution in [0.4, 0.5) is 4.39 Å².